The molecule has 1 heterocycles. The minimum Gasteiger partial charge on any atom is -0.396 e. The fourth-order valence-electron chi connectivity index (χ4n) is 3.04. The maximum Gasteiger partial charge on any atom is 0.191 e. The molecule has 0 amide bonds. The second-order valence-electron chi connectivity index (χ2n) is 6.77. The molecule has 0 aliphatic rings. The lowest BCUT2D eigenvalue weighted by Gasteiger charge is -2.18. The highest BCUT2D eigenvalue weighted by molar-refractivity contribution is 14.0. The van der Waals surface area contributed by atoms with Crippen molar-refractivity contribution in [1.29, 1.82) is 0 Å². The number of aliphatic hydroxyl groups excluding tert-OH is 1. The Labute approximate surface area is 185 Å². The number of aliphatic hydroxyl groups is 1. The average Bonchev–Trinajstić information content (AvgIpc) is 3.12. The molecule has 2 rings (SSSR count). The number of rotatable bonds is 11. The fraction of sp³-hybridized carbons (Fsp3) is 0.524. The lowest BCUT2D eigenvalue weighted by Crippen LogP contribution is -2.40. The summed E-state index contributed by atoms with van der Waals surface area (Å²) in [4.78, 5) is 4.67. The Morgan fingerprint density at radius 3 is 2.61 bits per heavy atom. The summed E-state index contributed by atoms with van der Waals surface area (Å²) in [5, 5.41) is 20.3. The Kier molecular flexibility index (Phi) is 12.6. The number of halogens is 1. The Morgan fingerprint density at radius 1 is 1.14 bits per heavy atom. The maximum absolute atomic E-state index is 9.21. The zero-order valence-corrected chi connectivity index (χ0v) is 19.3. The SMILES string of the molecule is CCCC(CCO)CNC(=NCc1cnn(Cc2ccccc2)c1)NCC.I. The first kappa shape index (κ1) is 24.4. The first-order valence-corrected chi connectivity index (χ1v) is 9.93. The van der Waals surface area contributed by atoms with Crippen molar-refractivity contribution in [2.75, 3.05) is 19.7 Å². The third kappa shape index (κ3) is 9.05. The molecule has 6 nitrogen and oxygen atoms in total. The van der Waals surface area contributed by atoms with Crippen molar-refractivity contribution in [2.24, 2.45) is 10.9 Å². The molecule has 1 atom stereocenters. The summed E-state index contributed by atoms with van der Waals surface area (Å²) in [6.07, 6.45) is 6.99. The monoisotopic (exact) mass is 499 g/mol. The summed E-state index contributed by atoms with van der Waals surface area (Å²) in [6.45, 7) is 7.47. The van der Waals surface area contributed by atoms with Gasteiger partial charge in [-0.25, -0.2) is 4.99 Å². The Morgan fingerprint density at radius 2 is 1.93 bits per heavy atom. The van der Waals surface area contributed by atoms with Crippen LogP contribution in [0.5, 0.6) is 0 Å². The van der Waals surface area contributed by atoms with Gasteiger partial charge in [-0.3, -0.25) is 4.68 Å². The van der Waals surface area contributed by atoms with E-state index >= 15 is 0 Å². The van der Waals surface area contributed by atoms with Gasteiger partial charge in [0.2, 0.25) is 0 Å². The average molecular weight is 499 g/mol. The molecule has 1 aromatic carbocycles. The zero-order valence-electron chi connectivity index (χ0n) is 17.0. The number of benzene rings is 1. The Balaban J connectivity index is 0.00000392. The summed E-state index contributed by atoms with van der Waals surface area (Å²) < 4.78 is 1.94. The summed E-state index contributed by atoms with van der Waals surface area (Å²) in [5.41, 5.74) is 2.32. The molecule has 0 radical (unpaired) electrons. The Hall–Kier alpha value is -1.61. The van der Waals surface area contributed by atoms with Crippen LogP contribution in [0.4, 0.5) is 0 Å². The molecule has 0 saturated carbocycles. The van der Waals surface area contributed by atoms with E-state index < -0.39 is 0 Å². The lowest BCUT2D eigenvalue weighted by atomic mass is 10.0. The van der Waals surface area contributed by atoms with Gasteiger partial charge < -0.3 is 15.7 Å². The molecule has 3 N–H and O–H groups in total. The van der Waals surface area contributed by atoms with E-state index in [1.807, 2.05) is 35.3 Å². The van der Waals surface area contributed by atoms with Crippen molar-refractivity contribution in [1.82, 2.24) is 20.4 Å². The van der Waals surface area contributed by atoms with Gasteiger partial charge in [0.15, 0.2) is 5.96 Å². The molecule has 156 valence electrons. The predicted octanol–water partition coefficient (Wildman–Crippen LogP) is 3.40. The van der Waals surface area contributed by atoms with Crippen molar-refractivity contribution < 1.29 is 5.11 Å². The molecule has 1 unspecified atom stereocenters. The number of nitrogens with zero attached hydrogens (tertiary/aromatic N) is 3. The van der Waals surface area contributed by atoms with E-state index in [2.05, 4.69) is 46.7 Å². The van der Waals surface area contributed by atoms with Crippen molar-refractivity contribution in [2.45, 2.75) is 46.2 Å². The number of hydrogen-bond acceptors (Lipinski definition) is 3. The molecule has 0 saturated heterocycles. The van der Waals surface area contributed by atoms with Crippen LogP contribution in [0.3, 0.4) is 0 Å². The second-order valence-corrected chi connectivity index (χ2v) is 6.77. The van der Waals surface area contributed by atoms with E-state index in [0.29, 0.717) is 12.5 Å². The smallest absolute Gasteiger partial charge is 0.191 e. The molecule has 28 heavy (non-hydrogen) atoms. The summed E-state index contributed by atoms with van der Waals surface area (Å²) >= 11 is 0. The highest BCUT2D eigenvalue weighted by atomic mass is 127. The van der Waals surface area contributed by atoms with Crippen LogP contribution in [-0.4, -0.2) is 40.5 Å². The third-order valence-electron chi connectivity index (χ3n) is 4.43. The molecule has 2 aromatic rings. The van der Waals surface area contributed by atoms with Crippen LogP contribution in [0.15, 0.2) is 47.7 Å². The van der Waals surface area contributed by atoms with Crippen LogP contribution < -0.4 is 10.6 Å². The minimum absolute atomic E-state index is 0. The van der Waals surface area contributed by atoms with Crippen molar-refractivity contribution in [3.63, 3.8) is 0 Å². The largest absolute Gasteiger partial charge is 0.396 e. The predicted molar refractivity (Wildman–Crippen MR) is 126 cm³/mol. The van der Waals surface area contributed by atoms with E-state index in [1.54, 1.807) is 0 Å². The lowest BCUT2D eigenvalue weighted by molar-refractivity contribution is 0.251. The van der Waals surface area contributed by atoms with E-state index in [-0.39, 0.29) is 30.6 Å². The molecule has 0 spiro atoms. The van der Waals surface area contributed by atoms with Crippen molar-refractivity contribution >= 4 is 29.9 Å². The van der Waals surface area contributed by atoms with Gasteiger partial charge in [-0.05, 0) is 31.2 Å². The van der Waals surface area contributed by atoms with Gasteiger partial charge in [-0.1, -0.05) is 43.7 Å². The molecule has 0 aliphatic heterocycles. The van der Waals surface area contributed by atoms with E-state index in [4.69, 9.17) is 0 Å². The van der Waals surface area contributed by atoms with Gasteiger partial charge in [0.1, 0.15) is 0 Å². The van der Waals surface area contributed by atoms with E-state index in [9.17, 15) is 5.11 Å². The second kappa shape index (κ2) is 14.4. The first-order valence-electron chi connectivity index (χ1n) is 9.93. The van der Waals surface area contributed by atoms with Crippen LogP contribution >= 0.6 is 24.0 Å². The molecular formula is C21H34IN5O. The highest BCUT2D eigenvalue weighted by Crippen LogP contribution is 2.09. The molecule has 1 aromatic heterocycles. The van der Waals surface area contributed by atoms with Gasteiger partial charge in [0.05, 0.1) is 19.3 Å². The van der Waals surface area contributed by atoms with Gasteiger partial charge in [-0.15, -0.1) is 24.0 Å². The standard InChI is InChI=1S/C21H33N5O.HI/c1-3-8-18(11-12-27)13-23-21(22-4-2)24-14-20-15-25-26(17-20)16-19-9-6-5-7-10-19;/h5-7,9-10,15,17-18,27H,3-4,8,11-14,16H2,1-2H3,(H2,22,23,24);1H. The van der Waals surface area contributed by atoms with Gasteiger partial charge in [0, 0.05) is 31.5 Å². The van der Waals surface area contributed by atoms with Crippen molar-refractivity contribution in [3.8, 4) is 0 Å². The topological polar surface area (TPSA) is 74.5 Å². The molecule has 0 aliphatic carbocycles. The zero-order chi connectivity index (χ0) is 19.3. The minimum atomic E-state index is 0. The molecular weight excluding hydrogens is 465 g/mol. The summed E-state index contributed by atoms with van der Waals surface area (Å²) in [6, 6.07) is 10.3. The molecule has 0 bridgehead atoms. The van der Waals surface area contributed by atoms with Gasteiger partial charge in [-0.2, -0.15) is 5.10 Å². The van der Waals surface area contributed by atoms with Crippen molar-refractivity contribution in [3.05, 3.63) is 53.9 Å². The number of hydrogen-bond donors (Lipinski definition) is 3. The van der Waals surface area contributed by atoms with Crippen LogP contribution in [0, 0.1) is 5.92 Å². The number of aliphatic imine (C=N–C) groups is 1. The third-order valence-corrected chi connectivity index (χ3v) is 4.43. The fourth-order valence-corrected chi connectivity index (χ4v) is 3.04. The van der Waals surface area contributed by atoms with Gasteiger partial charge in [0.25, 0.3) is 0 Å². The quantitative estimate of drug-likeness (QED) is 0.252. The summed E-state index contributed by atoms with van der Waals surface area (Å²) in [7, 11) is 0. The van der Waals surface area contributed by atoms with E-state index in [1.165, 1.54) is 5.56 Å². The van der Waals surface area contributed by atoms with Crippen LogP contribution in [0.1, 0.15) is 44.2 Å². The Bertz CT molecular complexity index is 668. The molecule has 0 fully saturated rings. The van der Waals surface area contributed by atoms with E-state index in [0.717, 1.165) is 50.4 Å². The van der Waals surface area contributed by atoms with Crippen LogP contribution in [0.25, 0.3) is 0 Å². The van der Waals surface area contributed by atoms with Crippen LogP contribution in [-0.2, 0) is 13.1 Å². The summed E-state index contributed by atoms with van der Waals surface area (Å²) in [5.74, 6) is 1.28. The normalized spacial score (nSPS) is 12.3. The highest BCUT2D eigenvalue weighted by Gasteiger charge is 2.08. The number of aromatic nitrogens is 2. The van der Waals surface area contributed by atoms with Crippen LogP contribution in [0.2, 0.25) is 0 Å². The molecule has 7 heteroatoms. The number of guanidine groups is 1. The first-order chi connectivity index (χ1) is 13.2. The maximum atomic E-state index is 9.21. The number of nitrogens with one attached hydrogen (secondary N) is 2. The van der Waals surface area contributed by atoms with Gasteiger partial charge >= 0.3 is 0 Å².